The van der Waals surface area contributed by atoms with Crippen LogP contribution in [0.1, 0.15) is 12.8 Å². The Morgan fingerprint density at radius 3 is 2.64 bits per heavy atom. The zero-order valence-corrected chi connectivity index (χ0v) is 7.68. The maximum absolute atomic E-state index is 10.9. The molecule has 0 saturated heterocycles. The first-order chi connectivity index (χ1) is 6.66. The zero-order valence-electron chi connectivity index (χ0n) is 7.68. The number of rotatable bonds is 7. The van der Waals surface area contributed by atoms with Gasteiger partial charge in [0, 0.05) is 6.21 Å². The van der Waals surface area contributed by atoms with Crippen LogP contribution >= 0.6 is 0 Å². The molecule has 0 aliphatic heterocycles. The van der Waals surface area contributed by atoms with Gasteiger partial charge in [0.25, 0.3) is 0 Å². The highest BCUT2D eigenvalue weighted by molar-refractivity contribution is 5.91. The Hall–Kier alpha value is -1.27. The molecule has 0 aromatic carbocycles. The van der Waals surface area contributed by atoms with Crippen LogP contribution in [-0.2, 0) is 14.3 Å². The maximum atomic E-state index is 10.9. The molecule has 0 saturated carbocycles. The third-order valence-corrected chi connectivity index (χ3v) is 1.20. The van der Waals surface area contributed by atoms with Gasteiger partial charge in [0.05, 0.1) is 32.7 Å². The quantitative estimate of drug-likeness (QED) is 0.427. The molecule has 0 spiro atoms. The fourth-order valence-electron chi connectivity index (χ4n) is 0.616. The molecule has 14 heavy (non-hydrogen) atoms. The summed E-state index contributed by atoms with van der Waals surface area (Å²) in [5.41, 5.74) is 0. The van der Waals surface area contributed by atoms with Gasteiger partial charge >= 0.3 is 5.97 Å². The fraction of sp³-hybridized carbons (Fsp3) is 0.625. The van der Waals surface area contributed by atoms with E-state index in [0.717, 1.165) is 6.21 Å². The molecule has 0 aliphatic carbocycles. The molecule has 0 bridgehead atoms. The van der Waals surface area contributed by atoms with Gasteiger partial charge in [-0.2, -0.15) is 0 Å². The van der Waals surface area contributed by atoms with E-state index in [1.54, 1.807) is 0 Å². The molecule has 0 atom stereocenters. The number of carbonyl (C=O) groups excluding carboxylic acids is 1. The average Bonchev–Trinajstić information content (AvgIpc) is 2.12. The minimum absolute atomic E-state index is 0.0868. The van der Waals surface area contributed by atoms with Gasteiger partial charge in [-0.1, -0.05) is 0 Å². The summed E-state index contributed by atoms with van der Waals surface area (Å²) >= 11 is 0. The van der Waals surface area contributed by atoms with Crippen LogP contribution in [0.25, 0.3) is 0 Å². The van der Waals surface area contributed by atoms with Gasteiger partial charge in [-0.25, -0.2) is 4.99 Å². The fourth-order valence-corrected chi connectivity index (χ4v) is 0.616. The highest BCUT2D eigenvalue weighted by atomic mass is 16.5. The van der Waals surface area contributed by atoms with E-state index < -0.39 is 11.9 Å². The van der Waals surface area contributed by atoms with Crippen molar-refractivity contribution in [3.63, 3.8) is 0 Å². The van der Waals surface area contributed by atoms with Crippen LogP contribution in [0.15, 0.2) is 4.99 Å². The van der Waals surface area contributed by atoms with Crippen molar-refractivity contribution in [2.24, 2.45) is 4.99 Å². The van der Waals surface area contributed by atoms with Crippen LogP contribution < -0.4 is 0 Å². The smallest absolute Gasteiger partial charge is 0.308 e. The minimum atomic E-state index is -1.03. The second-order valence-electron chi connectivity index (χ2n) is 2.39. The largest absolute Gasteiger partial charge is 0.481 e. The van der Waals surface area contributed by atoms with Gasteiger partial charge in [-0.15, -0.1) is 0 Å². The first-order valence-electron chi connectivity index (χ1n) is 4.12. The molecule has 6 heteroatoms. The summed E-state index contributed by atoms with van der Waals surface area (Å²) in [5.74, 6) is -1.46. The Labute approximate surface area is 81.2 Å². The number of hydrogen-bond donors (Lipinski definition) is 2. The third-order valence-electron chi connectivity index (χ3n) is 1.20. The van der Waals surface area contributed by atoms with Crippen LogP contribution in [0.2, 0.25) is 0 Å². The van der Waals surface area contributed by atoms with E-state index in [-0.39, 0.29) is 32.7 Å². The third kappa shape index (κ3) is 8.82. The van der Waals surface area contributed by atoms with Gasteiger partial charge in [-0.3, -0.25) is 9.59 Å². The molecule has 2 N–H and O–H groups in total. The normalized spacial score (nSPS) is 10.6. The van der Waals surface area contributed by atoms with Crippen LogP contribution in [0.5, 0.6) is 0 Å². The first kappa shape index (κ1) is 12.7. The zero-order chi connectivity index (χ0) is 10.8. The predicted molar refractivity (Wildman–Crippen MR) is 48.3 cm³/mol. The van der Waals surface area contributed by atoms with Gasteiger partial charge in [0.1, 0.15) is 0 Å². The number of aliphatic hydroxyl groups is 1. The molecule has 80 valence electrons. The van der Waals surface area contributed by atoms with E-state index in [4.69, 9.17) is 14.9 Å². The van der Waals surface area contributed by atoms with E-state index in [1.165, 1.54) is 0 Å². The molecule has 0 aliphatic rings. The van der Waals surface area contributed by atoms with E-state index >= 15 is 0 Å². The number of ether oxygens (including phenoxy) is 1. The van der Waals surface area contributed by atoms with Crippen molar-refractivity contribution in [1.82, 2.24) is 0 Å². The summed E-state index contributed by atoms with van der Waals surface area (Å²) in [6.07, 6.45) is 0.885. The second-order valence-corrected chi connectivity index (χ2v) is 2.39. The number of nitrogens with zero attached hydrogens (tertiary/aromatic N) is 1. The van der Waals surface area contributed by atoms with Gasteiger partial charge in [0.2, 0.25) is 5.91 Å². The molecule has 1 amide bonds. The van der Waals surface area contributed by atoms with Crippen molar-refractivity contribution >= 4 is 18.1 Å². The highest BCUT2D eigenvalue weighted by Crippen LogP contribution is 1.87. The van der Waals surface area contributed by atoms with Crippen molar-refractivity contribution in [3.8, 4) is 0 Å². The summed E-state index contributed by atoms with van der Waals surface area (Å²) in [4.78, 5) is 24.3. The molecule has 0 aromatic heterocycles. The van der Waals surface area contributed by atoms with Crippen molar-refractivity contribution in [3.05, 3.63) is 0 Å². The van der Waals surface area contributed by atoms with Crippen LogP contribution in [0.4, 0.5) is 0 Å². The monoisotopic (exact) mass is 203 g/mol. The summed E-state index contributed by atoms with van der Waals surface area (Å²) < 4.78 is 4.82. The van der Waals surface area contributed by atoms with Crippen LogP contribution in [0, 0.1) is 0 Å². The van der Waals surface area contributed by atoms with E-state index in [1.807, 2.05) is 0 Å². The topological polar surface area (TPSA) is 96.2 Å². The van der Waals surface area contributed by atoms with Crippen molar-refractivity contribution < 1.29 is 24.5 Å². The SMILES string of the molecule is O=C(O)CC=NC(=O)CCOCCO. The standard InChI is InChI=1S/C8H13NO5/c10-4-6-14-5-2-7(11)9-3-1-8(12)13/h3,10H,1-2,4-6H2,(H,12,13). The summed E-state index contributed by atoms with van der Waals surface area (Å²) in [7, 11) is 0. The number of aliphatic imine (C=N–C) groups is 1. The highest BCUT2D eigenvalue weighted by Gasteiger charge is 1.98. The molecular weight excluding hydrogens is 190 g/mol. The van der Waals surface area contributed by atoms with Gasteiger partial charge < -0.3 is 14.9 Å². The van der Waals surface area contributed by atoms with E-state index in [9.17, 15) is 9.59 Å². The Bertz CT molecular complexity index is 214. The van der Waals surface area contributed by atoms with Crippen molar-refractivity contribution in [2.45, 2.75) is 12.8 Å². The summed E-state index contributed by atoms with van der Waals surface area (Å²) in [5, 5.41) is 16.5. The minimum Gasteiger partial charge on any atom is -0.481 e. The molecule has 0 unspecified atom stereocenters. The molecule has 0 fully saturated rings. The molecular formula is C8H13NO5. The number of carboxylic acids is 1. The van der Waals surface area contributed by atoms with Gasteiger partial charge in [-0.05, 0) is 0 Å². The molecule has 0 aromatic rings. The van der Waals surface area contributed by atoms with Crippen molar-refractivity contribution in [1.29, 1.82) is 0 Å². The van der Waals surface area contributed by atoms with Crippen LogP contribution in [-0.4, -0.2) is 48.1 Å². The lowest BCUT2D eigenvalue weighted by Crippen LogP contribution is -2.05. The van der Waals surface area contributed by atoms with Crippen molar-refractivity contribution in [2.75, 3.05) is 19.8 Å². The number of carboxylic acid groups (broad SMARTS) is 1. The number of carbonyl (C=O) groups is 2. The number of aliphatic hydroxyl groups excluding tert-OH is 1. The lowest BCUT2D eigenvalue weighted by Gasteiger charge is -1.97. The lowest BCUT2D eigenvalue weighted by molar-refractivity contribution is -0.135. The lowest BCUT2D eigenvalue weighted by atomic mass is 10.4. The maximum Gasteiger partial charge on any atom is 0.308 e. The Kier molecular flexibility index (Phi) is 7.58. The summed E-state index contributed by atoms with van der Waals surface area (Å²) in [6.45, 7) is 0.284. The number of aliphatic carboxylic acids is 1. The summed E-state index contributed by atoms with van der Waals surface area (Å²) in [6, 6.07) is 0. The predicted octanol–water partition coefficient (Wildman–Crippen LogP) is -0.542. The molecule has 0 heterocycles. The second kappa shape index (κ2) is 8.33. The Balaban J connectivity index is 3.45. The van der Waals surface area contributed by atoms with Gasteiger partial charge in [0.15, 0.2) is 0 Å². The van der Waals surface area contributed by atoms with Crippen LogP contribution in [0.3, 0.4) is 0 Å². The molecule has 0 radical (unpaired) electrons. The number of amides is 1. The Morgan fingerprint density at radius 2 is 2.07 bits per heavy atom. The molecule has 6 nitrogen and oxygen atoms in total. The average molecular weight is 203 g/mol. The Morgan fingerprint density at radius 1 is 1.36 bits per heavy atom. The van der Waals surface area contributed by atoms with E-state index in [2.05, 4.69) is 4.99 Å². The first-order valence-corrected chi connectivity index (χ1v) is 4.12. The van der Waals surface area contributed by atoms with E-state index in [0.29, 0.717) is 0 Å². The molecule has 0 rings (SSSR count). The number of hydrogen-bond acceptors (Lipinski definition) is 4.